The predicted molar refractivity (Wildman–Crippen MR) is 83.5 cm³/mol. The van der Waals surface area contributed by atoms with E-state index >= 15 is 0 Å². The number of amides is 2. The van der Waals surface area contributed by atoms with Crippen molar-refractivity contribution in [1.29, 1.82) is 0 Å². The van der Waals surface area contributed by atoms with Gasteiger partial charge in [0.05, 0.1) is 6.10 Å². The molecule has 0 unspecified atom stereocenters. The Hall–Kier alpha value is -1.88. The van der Waals surface area contributed by atoms with Gasteiger partial charge in [0.2, 0.25) is 11.8 Å². The molecule has 2 aliphatic heterocycles. The first-order chi connectivity index (χ1) is 10.7. The second-order valence-corrected chi connectivity index (χ2v) is 5.93. The highest BCUT2D eigenvalue weighted by Crippen LogP contribution is 2.27. The fraction of sp³-hybridized carbons (Fsp3) is 0.529. The first-order valence-corrected chi connectivity index (χ1v) is 7.88. The van der Waals surface area contributed by atoms with Gasteiger partial charge in [-0.3, -0.25) is 9.59 Å². The van der Waals surface area contributed by atoms with Crippen LogP contribution in [0.25, 0.3) is 0 Å². The van der Waals surface area contributed by atoms with Crippen molar-refractivity contribution in [2.24, 2.45) is 5.92 Å². The van der Waals surface area contributed by atoms with Gasteiger partial charge in [-0.1, -0.05) is 18.2 Å². The predicted octanol–water partition coefficient (Wildman–Crippen LogP) is 1.68. The smallest absolute Gasteiger partial charge is 0.239 e. The number of anilines is 1. The fourth-order valence-electron chi connectivity index (χ4n) is 3.31. The molecule has 0 bridgehead atoms. The van der Waals surface area contributed by atoms with E-state index in [1.807, 2.05) is 35.2 Å². The van der Waals surface area contributed by atoms with Gasteiger partial charge in [0.25, 0.3) is 0 Å². The van der Waals surface area contributed by atoms with Crippen LogP contribution >= 0.6 is 0 Å². The number of hydrogen-bond acceptors (Lipinski definition) is 3. The molecule has 1 aromatic rings. The molecule has 0 aromatic heterocycles. The van der Waals surface area contributed by atoms with Crippen LogP contribution in [0.4, 0.5) is 5.69 Å². The third-order valence-electron chi connectivity index (χ3n) is 4.66. The minimum atomic E-state index is -0.515. The second kappa shape index (κ2) is 6.48. The zero-order chi connectivity index (χ0) is 15.5. The monoisotopic (exact) mass is 302 g/mol. The van der Waals surface area contributed by atoms with Gasteiger partial charge in [0, 0.05) is 32.4 Å². The lowest BCUT2D eigenvalue weighted by atomic mass is 10.0. The molecule has 0 aliphatic carbocycles. The SMILES string of the molecule is COC1CCN(C(=O)[C@H]2CCN(c3ccccc3)C2=O)CC1. The Morgan fingerprint density at radius 2 is 1.77 bits per heavy atom. The average Bonchev–Trinajstić information content (AvgIpc) is 2.96. The van der Waals surface area contributed by atoms with Crippen LogP contribution in [0.1, 0.15) is 19.3 Å². The summed E-state index contributed by atoms with van der Waals surface area (Å²) in [4.78, 5) is 28.7. The Morgan fingerprint density at radius 1 is 1.09 bits per heavy atom. The van der Waals surface area contributed by atoms with Gasteiger partial charge in [-0.05, 0) is 31.4 Å². The Morgan fingerprint density at radius 3 is 2.41 bits per heavy atom. The molecule has 0 radical (unpaired) electrons. The number of nitrogens with zero attached hydrogens (tertiary/aromatic N) is 2. The molecule has 2 heterocycles. The van der Waals surface area contributed by atoms with Crippen LogP contribution in [-0.4, -0.2) is 49.6 Å². The van der Waals surface area contributed by atoms with Crippen LogP contribution in [0.3, 0.4) is 0 Å². The van der Waals surface area contributed by atoms with E-state index in [1.54, 1.807) is 12.0 Å². The molecule has 1 atom stereocenters. The largest absolute Gasteiger partial charge is 0.381 e. The number of piperidine rings is 1. The van der Waals surface area contributed by atoms with E-state index in [0.717, 1.165) is 18.5 Å². The van der Waals surface area contributed by atoms with E-state index in [0.29, 0.717) is 26.1 Å². The summed E-state index contributed by atoms with van der Waals surface area (Å²) < 4.78 is 5.33. The number of benzene rings is 1. The molecule has 0 saturated carbocycles. The first-order valence-electron chi connectivity index (χ1n) is 7.88. The standard InChI is InChI=1S/C17H22N2O3/c1-22-14-7-10-18(11-8-14)16(20)15-9-12-19(17(15)21)13-5-3-2-4-6-13/h2-6,14-15H,7-12H2,1H3/t15-/m1/s1. The molecule has 2 amide bonds. The molecule has 3 rings (SSSR count). The molecular weight excluding hydrogens is 280 g/mol. The lowest BCUT2D eigenvalue weighted by molar-refractivity contribution is -0.141. The highest BCUT2D eigenvalue weighted by molar-refractivity contribution is 6.09. The van der Waals surface area contributed by atoms with Crippen molar-refractivity contribution in [1.82, 2.24) is 4.90 Å². The van der Waals surface area contributed by atoms with Crippen molar-refractivity contribution >= 4 is 17.5 Å². The minimum Gasteiger partial charge on any atom is -0.381 e. The number of methoxy groups -OCH3 is 1. The van der Waals surface area contributed by atoms with Gasteiger partial charge in [-0.2, -0.15) is 0 Å². The molecule has 1 aromatic carbocycles. The van der Waals surface area contributed by atoms with Crippen molar-refractivity contribution in [3.63, 3.8) is 0 Å². The van der Waals surface area contributed by atoms with Gasteiger partial charge in [0.15, 0.2) is 0 Å². The summed E-state index contributed by atoms with van der Waals surface area (Å²) in [5.74, 6) is -0.595. The van der Waals surface area contributed by atoms with Crippen molar-refractivity contribution in [3.05, 3.63) is 30.3 Å². The van der Waals surface area contributed by atoms with E-state index in [9.17, 15) is 9.59 Å². The number of carbonyl (C=O) groups is 2. The van der Waals surface area contributed by atoms with E-state index in [4.69, 9.17) is 4.74 Å². The second-order valence-electron chi connectivity index (χ2n) is 5.93. The van der Waals surface area contributed by atoms with Gasteiger partial charge < -0.3 is 14.5 Å². The number of hydrogen-bond donors (Lipinski definition) is 0. The van der Waals surface area contributed by atoms with Crippen molar-refractivity contribution in [2.75, 3.05) is 31.6 Å². The van der Waals surface area contributed by atoms with E-state index in [1.165, 1.54) is 0 Å². The van der Waals surface area contributed by atoms with Crippen LogP contribution in [-0.2, 0) is 14.3 Å². The zero-order valence-corrected chi connectivity index (χ0v) is 12.9. The summed E-state index contributed by atoms with van der Waals surface area (Å²) in [5.41, 5.74) is 0.876. The van der Waals surface area contributed by atoms with Gasteiger partial charge in [0.1, 0.15) is 5.92 Å². The van der Waals surface area contributed by atoms with E-state index in [-0.39, 0.29) is 17.9 Å². The molecule has 5 heteroatoms. The Kier molecular flexibility index (Phi) is 4.43. The number of rotatable bonds is 3. The van der Waals surface area contributed by atoms with Crippen molar-refractivity contribution in [2.45, 2.75) is 25.4 Å². The third kappa shape index (κ3) is 2.86. The highest BCUT2D eigenvalue weighted by Gasteiger charge is 2.40. The Bertz CT molecular complexity index is 538. The molecule has 22 heavy (non-hydrogen) atoms. The van der Waals surface area contributed by atoms with E-state index < -0.39 is 5.92 Å². The number of para-hydroxylation sites is 1. The average molecular weight is 302 g/mol. The van der Waals surface area contributed by atoms with Crippen molar-refractivity contribution < 1.29 is 14.3 Å². The zero-order valence-electron chi connectivity index (χ0n) is 12.9. The molecule has 5 nitrogen and oxygen atoms in total. The molecule has 2 saturated heterocycles. The summed E-state index contributed by atoms with van der Waals surface area (Å²) in [7, 11) is 1.71. The van der Waals surface area contributed by atoms with Gasteiger partial charge in [-0.15, -0.1) is 0 Å². The molecule has 0 spiro atoms. The molecule has 2 aliphatic rings. The minimum absolute atomic E-state index is 0.0158. The Labute approximate surface area is 130 Å². The normalized spacial score (nSPS) is 23.1. The summed E-state index contributed by atoms with van der Waals surface area (Å²) in [5, 5.41) is 0. The maximum atomic E-state index is 12.6. The van der Waals surface area contributed by atoms with Crippen LogP contribution in [0.5, 0.6) is 0 Å². The molecule has 118 valence electrons. The first kappa shape index (κ1) is 15.0. The summed E-state index contributed by atoms with van der Waals surface area (Å²) in [6.45, 7) is 1.99. The third-order valence-corrected chi connectivity index (χ3v) is 4.66. The Balaban J connectivity index is 1.64. The highest BCUT2D eigenvalue weighted by atomic mass is 16.5. The number of likely N-dealkylation sites (tertiary alicyclic amines) is 1. The fourth-order valence-corrected chi connectivity index (χ4v) is 3.31. The lowest BCUT2D eigenvalue weighted by Crippen LogP contribution is -2.45. The molecular formula is C17H22N2O3. The van der Waals surface area contributed by atoms with Crippen LogP contribution in [0.2, 0.25) is 0 Å². The quantitative estimate of drug-likeness (QED) is 0.798. The number of ether oxygens (including phenoxy) is 1. The maximum Gasteiger partial charge on any atom is 0.239 e. The summed E-state index contributed by atoms with van der Waals surface area (Å²) in [6, 6.07) is 9.57. The van der Waals surface area contributed by atoms with E-state index in [2.05, 4.69) is 0 Å². The lowest BCUT2D eigenvalue weighted by Gasteiger charge is -2.32. The van der Waals surface area contributed by atoms with Crippen LogP contribution < -0.4 is 4.90 Å². The summed E-state index contributed by atoms with van der Waals surface area (Å²) in [6.07, 6.45) is 2.55. The number of carbonyl (C=O) groups excluding carboxylic acids is 2. The summed E-state index contributed by atoms with van der Waals surface area (Å²) >= 11 is 0. The van der Waals surface area contributed by atoms with Crippen LogP contribution in [0.15, 0.2) is 30.3 Å². The van der Waals surface area contributed by atoms with Gasteiger partial charge in [-0.25, -0.2) is 0 Å². The van der Waals surface area contributed by atoms with Crippen molar-refractivity contribution in [3.8, 4) is 0 Å². The maximum absolute atomic E-state index is 12.6. The van der Waals surface area contributed by atoms with Crippen LogP contribution in [0, 0.1) is 5.92 Å². The topological polar surface area (TPSA) is 49.9 Å². The molecule has 2 fully saturated rings. The molecule has 0 N–H and O–H groups in total. The van der Waals surface area contributed by atoms with Gasteiger partial charge >= 0.3 is 0 Å².